The molecular formula is C21H22N2O3. The molecule has 5 heteroatoms. The highest BCUT2D eigenvalue weighted by atomic mass is 16.7. The predicted molar refractivity (Wildman–Crippen MR) is 98.6 cm³/mol. The molecule has 2 aromatic rings. The van der Waals surface area contributed by atoms with Gasteiger partial charge in [0.2, 0.25) is 12.7 Å². The van der Waals surface area contributed by atoms with Crippen molar-refractivity contribution in [1.82, 2.24) is 9.80 Å². The first kappa shape index (κ1) is 16.5. The fourth-order valence-corrected chi connectivity index (χ4v) is 3.34. The van der Waals surface area contributed by atoms with Crippen molar-refractivity contribution in [2.45, 2.75) is 19.5 Å². The van der Waals surface area contributed by atoms with Crippen LogP contribution in [0.5, 0.6) is 11.5 Å². The summed E-state index contributed by atoms with van der Waals surface area (Å²) in [5, 5.41) is 0. The Labute approximate surface area is 153 Å². The quantitative estimate of drug-likeness (QED) is 0.831. The van der Waals surface area contributed by atoms with Crippen LogP contribution in [-0.4, -0.2) is 36.1 Å². The minimum absolute atomic E-state index is 0.0765. The summed E-state index contributed by atoms with van der Waals surface area (Å²) in [7, 11) is 2.02. The molecule has 0 bridgehead atoms. The van der Waals surface area contributed by atoms with Crippen LogP contribution in [0.3, 0.4) is 0 Å². The van der Waals surface area contributed by atoms with Gasteiger partial charge in [0.05, 0.1) is 0 Å². The van der Waals surface area contributed by atoms with E-state index in [0.717, 1.165) is 47.8 Å². The van der Waals surface area contributed by atoms with E-state index in [-0.39, 0.29) is 12.7 Å². The lowest BCUT2D eigenvalue weighted by molar-refractivity contribution is -0.127. The maximum Gasteiger partial charge on any atom is 0.248 e. The zero-order valence-corrected chi connectivity index (χ0v) is 14.9. The van der Waals surface area contributed by atoms with Crippen molar-refractivity contribution in [3.63, 3.8) is 0 Å². The van der Waals surface area contributed by atoms with E-state index in [4.69, 9.17) is 9.47 Å². The van der Waals surface area contributed by atoms with Gasteiger partial charge < -0.3 is 19.3 Å². The first-order valence-electron chi connectivity index (χ1n) is 8.82. The average Bonchev–Trinajstić information content (AvgIpc) is 3.12. The lowest BCUT2D eigenvalue weighted by atomic mass is 10.1. The van der Waals surface area contributed by atoms with Gasteiger partial charge in [0.1, 0.15) is 0 Å². The molecule has 1 amide bonds. The highest BCUT2D eigenvalue weighted by Gasteiger charge is 2.21. The van der Waals surface area contributed by atoms with E-state index in [9.17, 15) is 4.79 Å². The highest BCUT2D eigenvalue weighted by molar-refractivity contribution is 5.89. The fourth-order valence-electron chi connectivity index (χ4n) is 3.34. The summed E-state index contributed by atoms with van der Waals surface area (Å²) >= 11 is 0. The zero-order chi connectivity index (χ0) is 17.9. The molecule has 0 unspecified atom stereocenters. The van der Waals surface area contributed by atoms with E-state index >= 15 is 0 Å². The predicted octanol–water partition coefficient (Wildman–Crippen LogP) is 3.16. The van der Waals surface area contributed by atoms with Crippen molar-refractivity contribution in [2.24, 2.45) is 0 Å². The van der Waals surface area contributed by atoms with E-state index in [0.29, 0.717) is 6.54 Å². The molecule has 4 rings (SSSR count). The lowest BCUT2D eigenvalue weighted by Crippen LogP contribution is -2.36. The van der Waals surface area contributed by atoms with Crippen molar-refractivity contribution in [1.29, 1.82) is 0 Å². The van der Waals surface area contributed by atoms with Gasteiger partial charge in [0.15, 0.2) is 11.5 Å². The molecule has 0 fully saturated rings. The molecule has 0 saturated carbocycles. The Kier molecular flexibility index (Phi) is 4.52. The van der Waals surface area contributed by atoms with Gasteiger partial charge in [-0.1, -0.05) is 36.4 Å². The molecule has 26 heavy (non-hydrogen) atoms. The monoisotopic (exact) mass is 350 g/mol. The normalized spacial score (nSPS) is 15.8. The lowest BCUT2D eigenvalue weighted by Gasteiger charge is -2.31. The van der Waals surface area contributed by atoms with Gasteiger partial charge >= 0.3 is 0 Å². The van der Waals surface area contributed by atoms with Gasteiger partial charge in [-0.15, -0.1) is 0 Å². The van der Waals surface area contributed by atoms with E-state index in [1.54, 1.807) is 6.08 Å². The van der Waals surface area contributed by atoms with Crippen LogP contribution in [0.15, 0.2) is 60.3 Å². The Bertz CT molecular complexity index is 832. The van der Waals surface area contributed by atoms with Crippen LogP contribution in [0.4, 0.5) is 0 Å². The summed E-state index contributed by atoms with van der Waals surface area (Å²) in [5.74, 6) is 1.66. The minimum Gasteiger partial charge on any atom is -0.454 e. The van der Waals surface area contributed by atoms with Gasteiger partial charge in [0.25, 0.3) is 0 Å². The number of benzene rings is 2. The van der Waals surface area contributed by atoms with E-state index in [1.165, 1.54) is 0 Å². The Balaban J connectivity index is 1.40. The largest absolute Gasteiger partial charge is 0.454 e. The van der Waals surface area contributed by atoms with E-state index in [2.05, 4.69) is 17.0 Å². The number of nitrogens with zero attached hydrogens (tertiary/aromatic N) is 2. The Morgan fingerprint density at radius 2 is 1.85 bits per heavy atom. The van der Waals surface area contributed by atoms with Gasteiger partial charge in [-0.2, -0.15) is 0 Å². The number of hydrogen-bond acceptors (Lipinski definition) is 4. The number of amides is 1. The second-order valence-corrected chi connectivity index (χ2v) is 6.67. The zero-order valence-electron chi connectivity index (χ0n) is 14.9. The van der Waals surface area contributed by atoms with Gasteiger partial charge in [-0.25, -0.2) is 0 Å². The first-order chi connectivity index (χ1) is 12.7. The number of carbonyl (C=O) groups excluding carboxylic acids is 1. The van der Waals surface area contributed by atoms with Crippen LogP contribution in [0.1, 0.15) is 17.5 Å². The summed E-state index contributed by atoms with van der Waals surface area (Å²) in [6.45, 7) is 2.42. The fraction of sp³-hybridized carbons (Fsp3) is 0.286. The minimum atomic E-state index is 0.0765. The van der Waals surface area contributed by atoms with Crippen LogP contribution in [0.25, 0.3) is 0 Å². The van der Waals surface area contributed by atoms with Crippen LogP contribution in [0, 0.1) is 0 Å². The highest BCUT2D eigenvalue weighted by Crippen LogP contribution is 2.33. The Morgan fingerprint density at radius 3 is 2.65 bits per heavy atom. The second kappa shape index (κ2) is 7.12. The molecule has 2 aliphatic rings. The summed E-state index contributed by atoms with van der Waals surface area (Å²) in [6.07, 6.45) is 2.62. The summed E-state index contributed by atoms with van der Waals surface area (Å²) in [4.78, 5) is 16.5. The van der Waals surface area contributed by atoms with E-state index in [1.807, 2.05) is 48.3 Å². The third-order valence-electron chi connectivity index (χ3n) is 4.80. The standard InChI is InChI=1S/C21H22N2O3/c1-22(13-17-7-8-19-20(11-17)26-15-25-19)18-9-10-23(21(24)12-18)14-16-5-3-2-4-6-16/h2-8,11-12H,9-10,13-15H2,1H3. The first-order valence-corrected chi connectivity index (χ1v) is 8.82. The Hall–Kier alpha value is -2.95. The van der Waals surface area contributed by atoms with Gasteiger partial charge in [-0.05, 0) is 23.3 Å². The van der Waals surface area contributed by atoms with E-state index < -0.39 is 0 Å². The number of carbonyl (C=O) groups is 1. The van der Waals surface area contributed by atoms with Gasteiger partial charge in [-0.3, -0.25) is 4.79 Å². The number of rotatable bonds is 5. The maximum atomic E-state index is 12.5. The molecule has 0 radical (unpaired) electrons. The Morgan fingerprint density at radius 1 is 1.04 bits per heavy atom. The molecule has 0 saturated heterocycles. The molecule has 0 aromatic heterocycles. The molecule has 5 nitrogen and oxygen atoms in total. The van der Waals surface area contributed by atoms with Crippen molar-refractivity contribution in [2.75, 3.05) is 20.4 Å². The summed E-state index contributed by atoms with van der Waals surface area (Å²) < 4.78 is 10.8. The molecule has 2 aromatic carbocycles. The molecule has 2 aliphatic heterocycles. The smallest absolute Gasteiger partial charge is 0.248 e. The SMILES string of the molecule is CN(Cc1ccc2c(c1)OCO2)C1=CC(=O)N(Cc2ccccc2)CC1. The van der Waals surface area contributed by atoms with Gasteiger partial charge in [0, 0.05) is 44.9 Å². The number of fused-ring (bicyclic) bond motifs is 1. The molecule has 0 atom stereocenters. The summed E-state index contributed by atoms with van der Waals surface area (Å²) in [5.41, 5.74) is 3.36. The molecule has 134 valence electrons. The van der Waals surface area contributed by atoms with Crippen LogP contribution in [0.2, 0.25) is 0 Å². The van der Waals surface area contributed by atoms with Crippen molar-refractivity contribution in [3.05, 3.63) is 71.4 Å². The van der Waals surface area contributed by atoms with Crippen molar-refractivity contribution in [3.8, 4) is 11.5 Å². The second-order valence-electron chi connectivity index (χ2n) is 6.67. The third-order valence-corrected chi connectivity index (χ3v) is 4.80. The average molecular weight is 350 g/mol. The molecule has 0 aliphatic carbocycles. The van der Waals surface area contributed by atoms with Crippen LogP contribution >= 0.6 is 0 Å². The molecule has 0 N–H and O–H groups in total. The molecular weight excluding hydrogens is 328 g/mol. The molecule has 2 heterocycles. The number of ether oxygens (including phenoxy) is 2. The number of hydrogen-bond donors (Lipinski definition) is 0. The van der Waals surface area contributed by atoms with Crippen molar-refractivity contribution < 1.29 is 14.3 Å². The third kappa shape index (κ3) is 3.52. The van der Waals surface area contributed by atoms with Crippen molar-refractivity contribution >= 4 is 5.91 Å². The molecule has 0 spiro atoms. The van der Waals surface area contributed by atoms with Crippen LogP contribution in [-0.2, 0) is 17.9 Å². The topological polar surface area (TPSA) is 42.0 Å². The summed E-state index contributed by atoms with van der Waals surface area (Å²) in [6, 6.07) is 16.1. The maximum absolute atomic E-state index is 12.5. The van der Waals surface area contributed by atoms with Crippen LogP contribution < -0.4 is 9.47 Å².